The summed E-state index contributed by atoms with van der Waals surface area (Å²) in [4.78, 5) is 0. The second kappa shape index (κ2) is 6.45. The minimum atomic E-state index is 0.671. The van der Waals surface area contributed by atoms with E-state index in [1.807, 2.05) is 0 Å². The van der Waals surface area contributed by atoms with Gasteiger partial charge in [0.05, 0.1) is 6.07 Å². The van der Waals surface area contributed by atoms with Gasteiger partial charge in [0.1, 0.15) is 0 Å². The SMILES string of the molecule is N#CCCCc1ccc(C2CCCCC2)cc1. The molecule has 1 aromatic rings. The number of hydrogen-bond donors (Lipinski definition) is 0. The largest absolute Gasteiger partial charge is 0.198 e. The Kier molecular flexibility index (Phi) is 4.62. The van der Waals surface area contributed by atoms with E-state index < -0.39 is 0 Å². The third-order valence-electron chi connectivity index (χ3n) is 3.81. The predicted octanol–water partition coefficient (Wildman–Crippen LogP) is 4.58. The lowest BCUT2D eigenvalue weighted by molar-refractivity contribution is 0.443. The number of hydrogen-bond acceptors (Lipinski definition) is 1. The van der Waals surface area contributed by atoms with E-state index in [0.29, 0.717) is 6.42 Å². The first-order valence-electron chi connectivity index (χ1n) is 6.86. The number of unbranched alkanes of at least 4 members (excludes halogenated alkanes) is 1. The average molecular weight is 227 g/mol. The van der Waals surface area contributed by atoms with Crippen molar-refractivity contribution in [2.24, 2.45) is 0 Å². The Bertz CT molecular complexity index is 366. The van der Waals surface area contributed by atoms with E-state index in [1.54, 1.807) is 0 Å². The van der Waals surface area contributed by atoms with Crippen LogP contribution in [0.5, 0.6) is 0 Å². The summed E-state index contributed by atoms with van der Waals surface area (Å²) in [5, 5.41) is 8.51. The van der Waals surface area contributed by atoms with Gasteiger partial charge in [-0.3, -0.25) is 0 Å². The molecule has 1 aromatic carbocycles. The van der Waals surface area contributed by atoms with Gasteiger partial charge in [-0.1, -0.05) is 43.5 Å². The topological polar surface area (TPSA) is 23.8 Å². The summed E-state index contributed by atoms with van der Waals surface area (Å²) < 4.78 is 0. The zero-order chi connectivity index (χ0) is 11.9. The molecule has 0 spiro atoms. The van der Waals surface area contributed by atoms with Crippen LogP contribution in [-0.4, -0.2) is 0 Å². The summed E-state index contributed by atoms with van der Waals surface area (Å²) >= 11 is 0. The van der Waals surface area contributed by atoms with E-state index in [2.05, 4.69) is 30.3 Å². The third-order valence-corrected chi connectivity index (χ3v) is 3.81. The predicted molar refractivity (Wildman–Crippen MR) is 70.8 cm³/mol. The fraction of sp³-hybridized carbons (Fsp3) is 0.562. The molecule has 90 valence electrons. The van der Waals surface area contributed by atoms with Crippen molar-refractivity contribution < 1.29 is 0 Å². The molecule has 0 radical (unpaired) electrons. The maximum absolute atomic E-state index is 8.51. The minimum absolute atomic E-state index is 0.671. The molecule has 17 heavy (non-hydrogen) atoms. The van der Waals surface area contributed by atoms with Crippen LogP contribution in [0.3, 0.4) is 0 Å². The summed E-state index contributed by atoms with van der Waals surface area (Å²) in [5.41, 5.74) is 2.90. The van der Waals surface area contributed by atoms with Gasteiger partial charge in [-0.15, -0.1) is 0 Å². The second-order valence-corrected chi connectivity index (χ2v) is 5.09. The quantitative estimate of drug-likeness (QED) is 0.691. The number of aryl methyl sites for hydroxylation is 1. The standard InChI is InChI=1S/C16H21N/c17-13-5-4-6-14-9-11-16(12-10-14)15-7-2-1-3-8-15/h9-12,15H,1-8H2. The molecule has 0 heterocycles. The van der Waals surface area contributed by atoms with Crippen LogP contribution in [0.15, 0.2) is 24.3 Å². The molecule has 0 bridgehead atoms. The van der Waals surface area contributed by atoms with Crippen molar-refractivity contribution >= 4 is 0 Å². The van der Waals surface area contributed by atoms with Crippen molar-refractivity contribution in [2.75, 3.05) is 0 Å². The minimum Gasteiger partial charge on any atom is -0.198 e. The highest BCUT2D eigenvalue weighted by Gasteiger charge is 2.14. The molecule has 2 rings (SSSR count). The molecule has 0 aliphatic heterocycles. The van der Waals surface area contributed by atoms with E-state index >= 15 is 0 Å². The molecular weight excluding hydrogens is 206 g/mol. The van der Waals surface area contributed by atoms with Crippen molar-refractivity contribution in [3.63, 3.8) is 0 Å². The van der Waals surface area contributed by atoms with Crippen LogP contribution >= 0.6 is 0 Å². The van der Waals surface area contributed by atoms with Gasteiger partial charge >= 0.3 is 0 Å². The van der Waals surface area contributed by atoms with Gasteiger partial charge < -0.3 is 0 Å². The number of benzene rings is 1. The first-order chi connectivity index (χ1) is 8.40. The molecule has 0 atom stereocenters. The van der Waals surface area contributed by atoms with Crippen LogP contribution in [0.25, 0.3) is 0 Å². The van der Waals surface area contributed by atoms with Crippen LogP contribution in [-0.2, 0) is 6.42 Å². The average Bonchev–Trinajstić information content (AvgIpc) is 2.41. The van der Waals surface area contributed by atoms with Crippen LogP contribution in [0, 0.1) is 11.3 Å². The van der Waals surface area contributed by atoms with Gasteiger partial charge in [0.15, 0.2) is 0 Å². The lowest BCUT2D eigenvalue weighted by Crippen LogP contribution is -2.04. The van der Waals surface area contributed by atoms with E-state index in [1.165, 1.54) is 43.2 Å². The fourth-order valence-electron chi connectivity index (χ4n) is 2.76. The Morgan fingerprint density at radius 1 is 1.06 bits per heavy atom. The molecule has 1 aliphatic carbocycles. The molecular formula is C16H21N. The van der Waals surface area contributed by atoms with E-state index in [4.69, 9.17) is 5.26 Å². The van der Waals surface area contributed by atoms with Crippen molar-refractivity contribution in [3.8, 4) is 6.07 Å². The van der Waals surface area contributed by atoms with Crippen LogP contribution in [0.2, 0.25) is 0 Å². The Morgan fingerprint density at radius 3 is 2.41 bits per heavy atom. The number of rotatable bonds is 4. The molecule has 0 unspecified atom stereocenters. The van der Waals surface area contributed by atoms with Gasteiger partial charge in [0.2, 0.25) is 0 Å². The van der Waals surface area contributed by atoms with Gasteiger partial charge in [0.25, 0.3) is 0 Å². The molecule has 1 heteroatoms. The first-order valence-corrected chi connectivity index (χ1v) is 6.86. The van der Waals surface area contributed by atoms with Crippen molar-refractivity contribution in [1.29, 1.82) is 5.26 Å². The Hall–Kier alpha value is -1.29. The van der Waals surface area contributed by atoms with Crippen molar-refractivity contribution in [3.05, 3.63) is 35.4 Å². The molecule has 1 nitrogen and oxygen atoms in total. The summed E-state index contributed by atoms with van der Waals surface area (Å²) in [6.45, 7) is 0. The zero-order valence-electron chi connectivity index (χ0n) is 10.5. The third kappa shape index (κ3) is 3.60. The van der Waals surface area contributed by atoms with Gasteiger partial charge in [-0.05, 0) is 42.7 Å². The van der Waals surface area contributed by atoms with Crippen LogP contribution < -0.4 is 0 Å². The lowest BCUT2D eigenvalue weighted by Gasteiger charge is -2.22. The molecule has 0 saturated heterocycles. The van der Waals surface area contributed by atoms with Gasteiger partial charge in [-0.25, -0.2) is 0 Å². The van der Waals surface area contributed by atoms with Crippen LogP contribution in [0.4, 0.5) is 0 Å². The summed E-state index contributed by atoms with van der Waals surface area (Å²) in [6.07, 6.45) is 9.65. The first kappa shape index (κ1) is 12.2. The highest BCUT2D eigenvalue weighted by atomic mass is 14.2. The molecule has 0 amide bonds. The highest BCUT2D eigenvalue weighted by Crippen LogP contribution is 2.32. The normalized spacial score (nSPS) is 16.6. The summed E-state index contributed by atoms with van der Waals surface area (Å²) in [6, 6.07) is 11.3. The lowest BCUT2D eigenvalue weighted by atomic mass is 9.84. The second-order valence-electron chi connectivity index (χ2n) is 5.09. The fourth-order valence-corrected chi connectivity index (χ4v) is 2.76. The monoisotopic (exact) mass is 227 g/mol. The maximum Gasteiger partial charge on any atom is 0.0621 e. The van der Waals surface area contributed by atoms with E-state index in [9.17, 15) is 0 Å². The Morgan fingerprint density at radius 2 is 1.76 bits per heavy atom. The molecule has 1 fully saturated rings. The number of nitriles is 1. The van der Waals surface area contributed by atoms with Gasteiger partial charge in [0, 0.05) is 6.42 Å². The molecule has 0 aromatic heterocycles. The Balaban J connectivity index is 1.90. The smallest absolute Gasteiger partial charge is 0.0621 e. The number of nitrogens with zero attached hydrogens (tertiary/aromatic N) is 1. The van der Waals surface area contributed by atoms with Crippen molar-refractivity contribution in [2.45, 2.75) is 57.3 Å². The molecule has 1 aliphatic rings. The van der Waals surface area contributed by atoms with Crippen molar-refractivity contribution in [1.82, 2.24) is 0 Å². The van der Waals surface area contributed by atoms with E-state index in [-0.39, 0.29) is 0 Å². The zero-order valence-corrected chi connectivity index (χ0v) is 10.5. The summed E-state index contributed by atoms with van der Waals surface area (Å²) in [7, 11) is 0. The maximum atomic E-state index is 8.51. The Labute approximate surface area is 104 Å². The molecule has 1 saturated carbocycles. The van der Waals surface area contributed by atoms with E-state index in [0.717, 1.165) is 18.8 Å². The highest BCUT2D eigenvalue weighted by molar-refractivity contribution is 5.25. The van der Waals surface area contributed by atoms with Crippen LogP contribution in [0.1, 0.15) is 62.0 Å². The van der Waals surface area contributed by atoms with Gasteiger partial charge in [-0.2, -0.15) is 5.26 Å². The molecule has 0 N–H and O–H groups in total. The summed E-state index contributed by atoms with van der Waals surface area (Å²) in [5.74, 6) is 0.803.